The van der Waals surface area contributed by atoms with E-state index in [0.29, 0.717) is 28.9 Å². The highest BCUT2D eigenvalue weighted by Gasteiger charge is 2.26. The molecule has 0 saturated carbocycles. The fourth-order valence-corrected chi connectivity index (χ4v) is 4.29. The van der Waals surface area contributed by atoms with E-state index in [4.69, 9.17) is 16.1 Å². The van der Waals surface area contributed by atoms with E-state index in [9.17, 15) is 4.79 Å². The Morgan fingerprint density at radius 2 is 1.82 bits per heavy atom. The van der Waals surface area contributed by atoms with Gasteiger partial charge in [0.15, 0.2) is 0 Å². The number of pyridine rings is 1. The van der Waals surface area contributed by atoms with Gasteiger partial charge in [0.25, 0.3) is 5.56 Å². The van der Waals surface area contributed by atoms with Gasteiger partial charge in [0, 0.05) is 50.6 Å². The minimum Gasteiger partial charge on any atom is -0.337 e. The average Bonchev–Trinajstić information content (AvgIpc) is 3.30. The monoisotopic (exact) mass is 464 g/mol. The van der Waals surface area contributed by atoms with Gasteiger partial charge < -0.3 is 4.52 Å². The first-order valence-corrected chi connectivity index (χ1v) is 11.4. The third-order valence-electron chi connectivity index (χ3n) is 6.13. The number of halogens is 1. The van der Waals surface area contributed by atoms with Gasteiger partial charge in [-0.05, 0) is 26.0 Å². The number of aryl methyl sites for hydroxylation is 1. The van der Waals surface area contributed by atoms with Gasteiger partial charge in [-0.2, -0.15) is 4.98 Å². The molecule has 0 N–H and O–H groups in total. The van der Waals surface area contributed by atoms with E-state index in [2.05, 4.69) is 38.8 Å². The summed E-state index contributed by atoms with van der Waals surface area (Å²) >= 11 is 5.99. The van der Waals surface area contributed by atoms with Gasteiger partial charge in [0.05, 0.1) is 16.8 Å². The van der Waals surface area contributed by atoms with Crippen LogP contribution in [0.25, 0.3) is 17.0 Å². The zero-order chi connectivity index (χ0) is 22.9. The molecule has 1 aliphatic heterocycles. The average molecular weight is 465 g/mol. The number of hydrogen-bond donors (Lipinski definition) is 0. The van der Waals surface area contributed by atoms with Crippen LogP contribution < -0.4 is 5.56 Å². The molecule has 1 aliphatic rings. The third-order valence-corrected chi connectivity index (χ3v) is 6.35. The number of aromatic nitrogens is 4. The standard InChI is InChI=1S/C24H25ClN6O2/c1-16-3-5-18(6-4-16)23-27-24(33-28-23)17(2)30-11-9-29(10-12-30)15-20-13-22(32)31-14-19(25)7-8-21(31)26-20/h3-8,13-14,17H,9-12,15H2,1-2H3. The van der Waals surface area contributed by atoms with Crippen LogP contribution in [0.3, 0.4) is 0 Å². The predicted octanol–water partition coefficient (Wildman–Crippen LogP) is 3.59. The van der Waals surface area contributed by atoms with Gasteiger partial charge in [-0.15, -0.1) is 0 Å². The van der Waals surface area contributed by atoms with Gasteiger partial charge in [0.2, 0.25) is 11.7 Å². The van der Waals surface area contributed by atoms with E-state index < -0.39 is 0 Å². The minimum atomic E-state index is -0.120. The number of fused-ring (bicyclic) bond motifs is 1. The topological polar surface area (TPSA) is 79.8 Å². The lowest BCUT2D eigenvalue weighted by molar-refractivity contribution is 0.0839. The molecule has 4 aromatic rings. The second-order valence-electron chi connectivity index (χ2n) is 8.47. The number of rotatable bonds is 5. The molecule has 1 unspecified atom stereocenters. The highest BCUT2D eigenvalue weighted by Crippen LogP contribution is 2.24. The van der Waals surface area contributed by atoms with Crippen LogP contribution in [0.4, 0.5) is 0 Å². The van der Waals surface area contributed by atoms with Gasteiger partial charge in [-0.1, -0.05) is 46.6 Å². The summed E-state index contributed by atoms with van der Waals surface area (Å²) in [5.41, 5.74) is 3.40. The Labute approximate surface area is 196 Å². The lowest BCUT2D eigenvalue weighted by Gasteiger charge is -2.36. The molecule has 1 fully saturated rings. The lowest BCUT2D eigenvalue weighted by atomic mass is 10.1. The van der Waals surface area contributed by atoms with E-state index in [-0.39, 0.29) is 11.6 Å². The molecular formula is C24H25ClN6O2. The second kappa shape index (κ2) is 9.05. The van der Waals surface area contributed by atoms with Crippen molar-refractivity contribution < 1.29 is 4.52 Å². The fourth-order valence-electron chi connectivity index (χ4n) is 4.13. The number of piperazine rings is 1. The van der Waals surface area contributed by atoms with Gasteiger partial charge in [-0.25, -0.2) is 4.98 Å². The van der Waals surface area contributed by atoms with E-state index in [0.717, 1.165) is 37.4 Å². The third kappa shape index (κ3) is 4.68. The van der Waals surface area contributed by atoms with E-state index in [1.165, 1.54) is 9.96 Å². The van der Waals surface area contributed by atoms with Crippen LogP contribution in [0.2, 0.25) is 5.02 Å². The Bertz CT molecular complexity index is 1330. The van der Waals surface area contributed by atoms with Crippen LogP contribution in [0, 0.1) is 6.92 Å². The molecule has 1 aromatic carbocycles. The molecule has 33 heavy (non-hydrogen) atoms. The van der Waals surface area contributed by atoms with Crippen molar-refractivity contribution in [3.63, 3.8) is 0 Å². The quantitative estimate of drug-likeness (QED) is 0.446. The first-order chi connectivity index (χ1) is 16.0. The summed E-state index contributed by atoms with van der Waals surface area (Å²) in [6, 6.07) is 13.2. The van der Waals surface area contributed by atoms with Crippen molar-refractivity contribution >= 4 is 17.2 Å². The molecule has 1 atom stereocenters. The maximum Gasteiger partial charge on any atom is 0.258 e. The molecule has 0 radical (unpaired) electrons. The molecule has 3 aromatic heterocycles. The molecule has 0 aliphatic carbocycles. The van der Waals surface area contributed by atoms with Gasteiger partial charge in [0.1, 0.15) is 5.65 Å². The Kier molecular flexibility index (Phi) is 5.97. The summed E-state index contributed by atoms with van der Waals surface area (Å²) in [5, 5.41) is 4.68. The molecule has 1 saturated heterocycles. The minimum absolute atomic E-state index is 0.0343. The smallest absolute Gasteiger partial charge is 0.258 e. The van der Waals surface area contributed by atoms with Crippen LogP contribution in [-0.4, -0.2) is 55.5 Å². The zero-order valence-electron chi connectivity index (χ0n) is 18.6. The van der Waals surface area contributed by atoms with Crippen molar-refractivity contribution in [2.24, 2.45) is 0 Å². The molecule has 0 spiro atoms. The van der Waals surface area contributed by atoms with Gasteiger partial charge >= 0.3 is 0 Å². The second-order valence-corrected chi connectivity index (χ2v) is 8.91. The molecular weight excluding hydrogens is 440 g/mol. The number of benzene rings is 1. The first kappa shape index (κ1) is 21.8. The lowest BCUT2D eigenvalue weighted by Crippen LogP contribution is -2.46. The molecule has 0 bridgehead atoms. The molecule has 5 rings (SSSR count). The highest BCUT2D eigenvalue weighted by molar-refractivity contribution is 6.30. The van der Waals surface area contributed by atoms with E-state index >= 15 is 0 Å². The zero-order valence-corrected chi connectivity index (χ0v) is 19.4. The summed E-state index contributed by atoms with van der Waals surface area (Å²) in [6.45, 7) is 8.25. The van der Waals surface area contributed by atoms with E-state index in [1.54, 1.807) is 24.4 Å². The summed E-state index contributed by atoms with van der Waals surface area (Å²) in [6.07, 6.45) is 1.60. The van der Waals surface area contributed by atoms with Crippen molar-refractivity contribution in [1.29, 1.82) is 0 Å². The van der Waals surface area contributed by atoms with E-state index in [1.807, 2.05) is 24.3 Å². The Morgan fingerprint density at radius 3 is 2.58 bits per heavy atom. The summed E-state index contributed by atoms with van der Waals surface area (Å²) in [4.78, 5) is 26.3. The Morgan fingerprint density at radius 1 is 1.06 bits per heavy atom. The van der Waals surface area contributed by atoms with Gasteiger partial charge in [-0.3, -0.25) is 19.0 Å². The van der Waals surface area contributed by atoms with Crippen LogP contribution in [0.5, 0.6) is 0 Å². The largest absolute Gasteiger partial charge is 0.337 e. The number of hydrogen-bond acceptors (Lipinski definition) is 7. The highest BCUT2D eigenvalue weighted by atomic mass is 35.5. The summed E-state index contributed by atoms with van der Waals surface area (Å²) < 4.78 is 7.05. The van der Waals surface area contributed by atoms with Crippen molar-refractivity contribution in [2.45, 2.75) is 26.4 Å². The molecule has 9 heteroatoms. The molecule has 4 heterocycles. The van der Waals surface area contributed by atoms with Crippen LogP contribution in [0.1, 0.15) is 30.1 Å². The maximum absolute atomic E-state index is 12.4. The first-order valence-electron chi connectivity index (χ1n) is 11.0. The molecule has 0 amide bonds. The van der Waals surface area contributed by atoms with Crippen LogP contribution in [-0.2, 0) is 6.54 Å². The van der Waals surface area contributed by atoms with Crippen molar-refractivity contribution in [2.75, 3.05) is 26.2 Å². The molecule has 170 valence electrons. The fraction of sp³-hybridized carbons (Fsp3) is 0.333. The SMILES string of the molecule is Cc1ccc(-c2noc(C(C)N3CCN(Cc4cc(=O)n5cc(Cl)ccc5n4)CC3)n2)cc1. The van der Waals surface area contributed by atoms with Crippen LogP contribution >= 0.6 is 11.6 Å². The van der Waals surface area contributed by atoms with Crippen molar-refractivity contribution in [3.8, 4) is 11.4 Å². The predicted molar refractivity (Wildman–Crippen MR) is 126 cm³/mol. The summed E-state index contributed by atoms with van der Waals surface area (Å²) in [7, 11) is 0. The maximum atomic E-state index is 12.4. The van der Waals surface area contributed by atoms with Crippen molar-refractivity contribution in [1.82, 2.24) is 29.3 Å². The number of nitrogens with zero attached hydrogens (tertiary/aromatic N) is 6. The van der Waals surface area contributed by atoms with Crippen molar-refractivity contribution in [3.05, 3.63) is 81.2 Å². The normalized spacial score (nSPS) is 16.3. The van der Waals surface area contributed by atoms with Crippen LogP contribution in [0.15, 0.2) is 58.0 Å². The Hall–Kier alpha value is -3.07. The Balaban J connectivity index is 1.21. The summed E-state index contributed by atoms with van der Waals surface area (Å²) in [5.74, 6) is 1.24. The molecule has 8 nitrogen and oxygen atoms in total.